The monoisotopic (exact) mass is 379 g/mol. The molecule has 1 aromatic carbocycles. The van der Waals surface area contributed by atoms with Crippen LogP contribution in [-0.4, -0.2) is 27.6 Å². The molecule has 0 saturated heterocycles. The first-order chi connectivity index (χ1) is 12.6. The van der Waals surface area contributed by atoms with Gasteiger partial charge in [0, 0.05) is 5.69 Å². The van der Waals surface area contributed by atoms with Gasteiger partial charge in [0.05, 0.1) is 18.2 Å². The third-order valence-corrected chi connectivity index (χ3v) is 3.70. The molecule has 0 aliphatic heterocycles. The Morgan fingerprint density at radius 1 is 1.15 bits per heavy atom. The number of aromatic nitrogens is 3. The zero-order valence-corrected chi connectivity index (χ0v) is 13.7. The summed E-state index contributed by atoms with van der Waals surface area (Å²) in [4.78, 5) is 31.4. The van der Waals surface area contributed by atoms with Gasteiger partial charge in [-0.2, -0.15) is 13.2 Å². The van der Waals surface area contributed by atoms with E-state index in [4.69, 9.17) is 11.5 Å². The van der Waals surface area contributed by atoms with Crippen LogP contribution in [0.4, 0.5) is 24.7 Å². The molecular weight excluding hydrogens is 367 g/mol. The van der Waals surface area contributed by atoms with Crippen LogP contribution in [0.1, 0.15) is 16.2 Å². The van der Waals surface area contributed by atoms with Crippen LogP contribution in [0.25, 0.3) is 16.7 Å². The van der Waals surface area contributed by atoms with Crippen LogP contribution in [0.2, 0.25) is 0 Å². The van der Waals surface area contributed by atoms with E-state index >= 15 is 0 Å². The number of esters is 1. The maximum Gasteiger partial charge on any atom is 0.451 e. The maximum atomic E-state index is 13.1. The number of hydrogen-bond acceptors (Lipinski definition) is 7. The number of nitrogen functional groups attached to an aromatic ring is 2. The highest BCUT2D eigenvalue weighted by Gasteiger charge is 2.36. The number of carbonyl (C=O) groups is 1. The third kappa shape index (κ3) is 3.14. The predicted octanol–water partition coefficient (Wildman–Crippen LogP) is 1.75. The fourth-order valence-corrected chi connectivity index (χ4v) is 2.45. The van der Waals surface area contributed by atoms with Crippen LogP contribution >= 0.6 is 0 Å². The normalized spacial score (nSPS) is 11.6. The Bertz CT molecular complexity index is 1110. The van der Waals surface area contributed by atoms with Gasteiger partial charge in [0.15, 0.2) is 5.65 Å². The minimum atomic E-state index is -4.88. The van der Waals surface area contributed by atoms with E-state index < -0.39 is 40.6 Å². The average Bonchev–Trinajstić information content (AvgIpc) is 2.61. The number of nitrogens with two attached hydrogens (primary N) is 2. The number of halogens is 3. The van der Waals surface area contributed by atoms with Crippen molar-refractivity contribution >= 4 is 28.5 Å². The summed E-state index contributed by atoms with van der Waals surface area (Å²) in [5, 5.41) is -0.111. The van der Waals surface area contributed by atoms with E-state index in [1.807, 2.05) is 0 Å². The van der Waals surface area contributed by atoms with Gasteiger partial charge in [-0.1, -0.05) is 0 Å². The number of benzene rings is 1. The summed E-state index contributed by atoms with van der Waals surface area (Å²) in [6.45, 7) is 0. The van der Waals surface area contributed by atoms with Crippen molar-refractivity contribution in [2.75, 3.05) is 18.6 Å². The van der Waals surface area contributed by atoms with Crippen molar-refractivity contribution in [3.05, 3.63) is 52.1 Å². The Hall–Kier alpha value is -3.63. The van der Waals surface area contributed by atoms with Gasteiger partial charge in [-0.3, -0.25) is 9.36 Å². The standard InChI is InChI=1S/C16H12F3N5O3/c1-27-14(26)10-6-9-11(21)22-15(16(17,18)19)23-12(9)24(13(10)25)8-4-2-7(20)3-5-8/h2-6H,20H2,1H3,(H2,21,22,23). The van der Waals surface area contributed by atoms with Gasteiger partial charge < -0.3 is 16.2 Å². The number of pyridine rings is 1. The van der Waals surface area contributed by atoms with Crippen LogP contribution in [0, 0.1) is 0 Å². The molecule has 0 aliphatic rings. The van der Waals surface area contributed by atoms with E-state index in [1.165, 1.54) is 24.3 Å². The summed E-state index contributed by atoms with van der Waals surface area (Å²) in [7, 11) is 1.06. The Balaban J connectivity index is 2.49. The second-order valence-corrected chi connectivity index (χ2v) is 5.45. The summed E-state index contributed by atoms with van der Waals surface area (Å²) in [6, 6.07) is 6.67. The molecule has 0 amide bonds. The lowest BCUT2D eigenvalue weighted by Crippen LogP contribution is -2.28. The number of anilines is 2. The van der Waals surface area contributed by atoms with Crippen molar-refractivity contribution in [1.29, 1.82) is 0 Å². The van der Waals surface area contributed by atoms with Gasteiger partial charge in [-0.05, 0) is 30.3 Å². The number of methoxy groups -OCH3 is 1. The molecule has 8 nitrogen and oxygen atoms in total. The highest BCUT2D eigenvalue weighted by molar-refractivity contribution is 5.96. The van der Waals surface area contributed by atoms with E-state index in [0.29, 0.717) is 5.69 Å². The number of carbonyl (C=O) groups excluding carboxylic acids is 1. The molecule has 0 atom stereocenters. The molecule has 3 rings (SSSR count). The van der Waals surface area contributed by atoms with Gasteiger partial charge in [-0.25, -0.2) is 14.8 Å². The first-order valence-electron chi connectivity index (χ1n) is 7.38. The zero-order valence-electron chi connectivity index (χ0n) is 13.7. The maximum absolute atomic E-state index is 13.1. The molecule has 2 aromatic heterocycles. The average molecular weight is 379 g/mol. The molecule has 140 valence electrons. The lowest BCUT2D eigenvalue weighted by molar-refractivity contribution is -0.144. The molecule has 11 heteroatoms. The Labute approximate surface area is 149 Å². The summed E-state index contributed by atoms with van der Waals surface area (Å²) in [6.07, 6.45) is -4.88. The molecule has 27 heavy (non-hydrogen) atoms. The summed E-state index contributed by atoms with van der Waals surface area (Å²) >= 11 is 0. The van der Waals surface area contributed by atoms with Crippen molar-refractivity contribution in [2.45, 2.75) is 6.18 Å². The lowest BCUT2D eigenvalue weighted by atomic mass is 10.2. The molecule has 0 radical (unpaired) electrons. The minimum Gasteiger partial charge on any atom is -0.465 e. The van der Waals surface area contributed by atoms with Gasteiger partial charge in [0.1, 0.15) is 11.4 Å². The van der Waals surface area contributed by atoms with E-state index in [-0.39, 0.29) is 11.1 Å². The van der Waals surface area contributed by atoms with E-state index in [0.717, 1.165) is 17.7 Å². The van der Waals surface area contributed by atoms with Gasteiger partial charge in [-0.15, -0.1) is 0 Å². The smallest absolute Gasteiger partial charge is 0.451 e. The topological polar surface area (TPSA) is 126 Å². The van der Waals surface area contributed by atoms with Crippen LogP contribution in [0.3, 0.4) is 0 Å². The number of hydrogen-bond donors (Lipinski definition) is 2. The Kier molecular flexibility index (Phi) is 4.22. The second kappa shape index (κ2) is 6.27. The molecular formula is C16H12F3N5O3. The number of ether oxygens (including phenoxy) is 1. The van der Waals surface area contributed by atoms with Crippen LogP contribution in [0.5, 0.6) is 0 Å². The van der Waals surface area contributed by atoms with Gasteiger partial charge >= 0.3 is 12.1 Å². The van der Waals surface area contributed by atoms with Crippen molar-refractivity contribution in [3.8, 4) is 5.69 Å². The molecule has 3 aromatic rings. The number of fused-ring (bicyclic) bond motifs is 1. The molecule has 0 fully saturated rings. The lowest BCUT2D eigenvalue weighted by Gasteiger charge is -2.14. The second-order valence-electron chi connectivity index (χ2n) is 5.45. The van der Waals surface area contributed by atoms with Crippen molar-refractivity contribution < 1.29 is 22.7 Å². The van der Waals surface area contributed by atoms with E-state index in [9.17, 15) is 22.8 Å². The summed E-state index contributed by atoms with van der Waals surface area (Å²) in [5.41, 5.74) is 9.99. The van der Waals surface area contributed by atoms with E-state index in [2.05, 4.69) is 14.7 Å². The molecule has 0 unspecified atom stereocenters. The fourth-order valence-electron chi connectivity index (χ4n) is 2.45. The largest absolute Gasteiger partial charge is 0.465 e. The highest BCUT2D eigenvalue weighted by atomic mass is 19.4. The zero-order chi connectivity index (χ0) is 19.9. The summed E-state index contributed by atoms with van der Waals surface area (Å²) < 4.78 is 44.6. The first kappa shape index (κ1) is 18.2. The quantitative estimate of drug-likeness (QED) is 0.513. The predicted molar refractivity (Wildman–Crippen MR) is 90.3 cm³/mol. The van der Waals surface area contributed by atoms with Crippen LogP contribution < -0.4 is 17.0 Å². The molecule has 0 saturated carbocycles. The molecule has 0 spiro atoms. The Morgan fingerprint density at radius 3 is 2.33 bits per heavy atom. The van der Waals surface area contributed by atoms with Gasteiger partial charge in [0.25, 0.3) is 5.56 Å². The molecule has 0 aliphatic carbocycles. The van der Waals surface area contributed by atoms with E-state index in [1.54, 1.807) is 0 Å². The first-order valence-corrected chi connectivity index (χ1v) is 7.38. The SMILES string of the molecule is COC(=O)c1cc2c(N)nc(C(F)(F)F)nc2n(-c2ccc(N)cc2)c1=O. The highest BCUT2D eigenvalue weighted by Crippen LogP contribution is 2.30. The fraction of sp³-hybridized carbons (Fsp3) is 0.125. The Morgan fingerprint density at radius 2 is 1.78 bits per heavy atom. The molecule has 4 N–H and O–H groups in total. The van der Waals surface area contributed by atoms with Crippen molar-refractivity contribution in [3.63, 3.8) is 0 Å². The van der Waals surface area contributed by atoms with Crippen LogP contribution in [-0.2, 0) is 10.9 Å². The molecule has 2 heterocycles. The minimum absolute atomic E-state index is 0.111. The van der Waals surface area contributed by atoms with Crippen molar-refractivity contribution in [1.82, 2.24) is 14.5 Å². The van der Waals surface area contributed by atoms with Crippen LogP contribution in [0.15, 0.2) is 35.1 Å². The summed E-state index contributed by atoms with van der Waals surface area (Å²) in [5.74, 6) is -3.03. The third-order valence-electron chi connectivity index (χ3n) is 3.70. The number of nitrogens with zero attached hydrogens (tertiary/aromatic N) is 3. The molecule has 0 bridgehead atoms. The van der Waals surface area contributed by atoms with Crippen molar-refractivity contribution in [2.24, 2.45) is 0 Å². The number of rotatable bonds is 2. The number of alkyl halides is 3. The van der Waals surface area contributed by atoms with Gasteiger partial charge in [0.2, 0.25) is 5.82 Å².